The van der Waals surface area contributed by atoms with Crippen LogP contribution in [0.5, 0.6) is 0 Å². The van der Waals surface area contributed by atoms with Crippen molar-refractivity contribution in [2.24, 2.45) is 5.41 Å². The van der Waals surface area contributed by atoms with E-state index < -0.39 is 0 Å². The number of hydrogen-bond donors (Lipinski definition) is 0. The lowest BCUT2D eigenvalue weighted by atomic mass is 9.81. The van der Waals surface area contributed by atoms with Crippen molar-refractivity contribution < 1.29 is 4.79 Å². The molecule has 0 amide bonds. The van der Waals surface area contributed by atoms with Crippen molar-refractivity contribution in [1.82, 2.24) is 4.90 Å². The molecule has 1 fully saturated rings. The molecule has 0 saturated carbocycles. The van der Waals surface area contributed by atoms with Gasteiger partial charge in [-0.2, -0.15) is 0 Å². The van der Waals surface area contributed by atoms with E-state index in [0.717, 1.165) is 30.8 Å². The zero-order chi connectivity index (χ0) is 14.8. The van der Waals surface area contributed by atoms with E-state index in [9.17, 15) is 4.79 Å². The Hall–Kier alpha value is -1.15. The molecule has 1 aromatic rings. The van der Waals surface area contributed by atoms with Gasteiger partial charge in [0.05, 0.1) is 0 Å². The zero-order valence-corrected chi connectivity index (χ0v) is 13.3. The van der Waals surface area contributed by atoms with Crippen molar-refractivity contribution in [2.75, 3.05) is 19.6 Å². The average Bonchev–Trinajstić information content (AvgIpc) is 2.38. The second kappa shape index (κ2) is 6.09. The standard InChI is InChI=1S/C18H27NO/c1-14-8-9-16(15(2)12-14)17(20)18(3,4)13-19-10-6-5-7-11-19/h8-9,12H,5-7,10-11,13H2,1-4H3. The number of aryl methyl sites for hydroxylation is 2. The number of benzene rings is 1. The molecular formula is C18H27NO. The number of rotatable bonds is 4. The highest BCUT2D eigenvalue weighted by atomic mass is 16.1. The lowest BCUT2D eigenvalue weighted by molar-refractivity contribution is 0.0743. The van der Waals surface area contributed by atoms with Crippen LogP contribution in [0, 0.1) is 19.3 Å². The summed E-state index contributed by atoms with van der Waals surface area (Å²) >= 11 is 0. The first-order chi connectivity index (χ1) is 9.40. The van der Waals surface area contributed by atoms with E-state index in [2.05, 4.69) is 31.7 Å². The van der Waals surface area contributed by atoms with Crippen LogP contribution in [0.25, 0.3) is 0 Å². The van der Waals surface area contributed by atoms with Gasteiger partial charge in [-0.15, -0.1) is 0 Å². The second-order valence-electron chi connectivity index (χ2n) is 6.87. The van der Waals surface area contributed by atoms with Crippen LogP contribution in [0.15, 0.2) is 18.2 Å². The normalized spacial score (nSPS) is 17.2. The number of carbonyl (C=O) groups excluding carboxylic acids is 1. The number of ketones is 1. The molecule has 2 heteroatoms. The molecule has 2 nitrogen and oxygen atoms in total. The molecule has 1 heterocycles. The van der Waals surface area contributed by atoms with E-state index in [1.165, 1.54) is 24.8 Å². The Labute approximate surface area is 123 Å². The molecule has 2 rings (SSSR count). The summed E-state index contributed by atoms with van der Waals surface area (Å²) in [5.41, 5.74) is 2.89. The summed E-state index contributed by atoms with van der Waals surface area (Å²) in [4.78, 5) is 15.3. The number of piperidine rings is 1. The molecule has 0 bridgehead atoms. The van der Waals surface area contributed by atoms with Gasteiger partial charge in [0.1, 0.15) is 0 Å². The predicted octanol–water partition coefficient (Wildman–Crippen LogP) is 4.00. The van der Waals surface area contributed by atoms with Gasteiger partial charge in [0.25, 0.3) is 0 Å². The lowest BCUT2D eigenvalue weighted by Crippen LogP contribution is -2.41. The van der Waals surface area contributed by atoms with Crippen molar-refractivity contribution in [2.45, 2.75) is 47.0 Å². The molecule has 1 saturated heterocycles. The number of likely N-dealkylation sites (tertiary alicyclic amines) is 1. The summed E-state index contributed by atoms with van der Waals surface area (Å²) in [5, 5.41) is 0. The Bertz CT molecular complexity index is 484. The first kappa shape index (κ1) is 15.2. The monoisotopic (exact) mass is 273 g/mol. The van der Waals surface area contributed by atoms with Crippen LogP contribution in [-0.4, -0.2) is 30.3 Å². The Balaban J connectivity index is 2.13. The molecule has 0 radical (unpaired) electrons. The zero-order valence-electron chi connectivity index (χ0n) is 13.3. The third kappa shape index (κ3) is 3.49. The van der Waals surface area contributed by atoms with E-state index in [4.69, 9.17) is 0 Å². The summed E-state index contributed by atoms with van der Waals surface area (Å²) in [6.45, 7) is 11.4. The molecule has 1 aliphatic rings. The number of nitrogens with zero attached hydrogens (tertiary/aromatic N) is 1. The van der Waals surface area contributed by atoms with Crippen LogP contribution in [0.4, 0.5) is 0 Å². The van der Waals surface area contributed by atoms with E-state index in [1.807, 2.05) is 19.1 Å². The smallest absolute Gasteiger partial charge is 0.169 e. The predicted molar refractivity (Wildman–Crippen MR) is 84.3 cm³/mol. The van der Waals surface area contributed by atoms with E-state index in [-0.39, 0.29) is 11.2 Å². The minimum Gasteiger partial charge on any atom is -0.302 e. The van der Waals surface area contributed by atoms with Gasteiger partial charge in [0, 0.05) is 17.5 Å². The third-order valence-electron chi connectivity index (χ3n) is 4.31. The molecule has 0 spiro atoms. The Morgan fingerprint density at radius 1 is 1.15 bits per heavy atom. The van der Waals surface area contributed by atoms with Crippen molar-refractivity contribution in [1.29, 1.82) is 0 Å². The summed E-state index contributed by atoms with van der Waals surface area (Å²) in [5.74, 6) is 0.278. The largest absolute Gasteiger partial charge is 0.302 e. The van der Waals surface area contributed by atoms with E-state index in [1.54, 1.807) is 0 Å². The van der Waals surface area contributed by atoms with Crippen LogP contribution in [-0.2, 0) is 0 Å². The lowest BCUT2D eigenvalue weighted by Gasteiger charge is -2.34. The fourth-order valence-electron chi connectivity index (χ4n) is 3.18. The van der Waals surface area contributed by atoms with Crippen LogP contribution in [0.3, 0.4) is 0 Å². The summed E-state index contributed by atoms with van der Waals surface area (Å²) < 4.78 is 0. The molecule has 0 aliphatic carbocycles. The summed E-state index contributed by atoms with van der Waals surface area (Å²) in [6, 6.07) is 6.13. The SMILES string of the molecule is Cc1ccc(C(=O)C(C)(C)CN2CCCCC2)c(C)c1. The maximum absolute atomic E-state index is 12.8. The maximum atomic E-state index is 12.8. The summed E-state index contributed by atoms with van der Waals surface area (Å²) in [7, 11) is 0. The highest BCUT2D eigenvalue weighted by Crippen LogP contribution is 2.26. The first-order valence-electron chi connectivity index (χ1n) is 7.74. The Morgan fingerprint density at radius 3 is 2.40 bits per heavy atom. The number of Topliss-reactive ketones (excluding diaryl/α,β-unsaturated/α-hetero) is 1. The first-order valence-corrected chi connectivity index (χ1v) is 7.74. The van der Waals surface area contributed by atoms with Crippen LogP contribution >= 0.6 is 0 Å². The minimum absolute atomic E-state index is 0.278. The van der Waals surface area contributed by atoms with Gasteiger partial charge in [-0.3, -0.25) is 4.79 Å². The van der Waals surface area contributed by atoms with Gasteiger partial charge in [-0.1, -0.05) is 44.0 Å². The molecule has 20 heavy (non-hydrogen) atoms. The maximum Gasteiger partial charge on any atom is 0.169 e. The topological polar surface area (TPSA) is 20.3 Å². The van der Waals surface area contributed by atoms with Crippen LogP contribution in [0.2, 0.25) is 0 Å². The number of hydrogen-bond acceptors (Lipinski definition) is 2. The highest BCUT2D eigenvalue weighted by molar-refractivity contribution is 6.01. The van der Waals surface area contributed by atoms with Gasteiger partial charge in [0.15, 0.2) is 5.78 Å². The van der Waals surface area contributed by atoms with Crippen molar-refractivity contribution in [3.8, 4) is 0 Å². The molecule has 1 aliphatic heterocycles. The van der Waals surface area contributed by atoms with Gasteiger partial charge in [-0.05, 0) is 45.3 Å². The van der Waals surface area contributed by atoms with Crippen molar-refractivity contribution >= 4 is 5.78 Å². The fraction of sp³-hybridized carbons (Fsp3) is 0.611. The molecule has 0 N–H and O–H groups in total. The average molecular weight is 273 g/mol. The molecule has 0 atom stereocenters. The van der Waals surface area contributed by atoms with Crippen LogP contribution < -0.4 is 0 Å². The quantitative estimate of drug-likeness (QED) is 0.773. The third-order valence-corrected chi connectivity index (χ3v) is 4.31. The Morgan fingerprint density at radius 2 is 1.80 bits per heavy atom. The van der Waals surface area contributed by atoms with Crippen molar-refractivity contribution in [3.63, 3.8) is 0 Å². The molecule has 0 unspecified atom stereocenters. The molecule has 1 aromatic carbocycles. The molecule has 110 valence electrons. The van der Waals surface area contributed by atoms with E-state index in [0.29, 0.717) is 0 Å². The van der Waals surface area contributed by atoms with Gasteiger partial charge < -0.3 is 4.90 Å². The molecular weight excluding hydrogens is 246 g/mol. The minimum atomic E-state index is -0.308. The fourth-order valence-corrected chi connectivity index (χ4v) is 3.18. The van der Waals surface area contributed by atoms with E-state index >= 15 is 0 Å². The second-order valence-corrected chi connectivity index (χ2v) is 6.87. The van der Waals surface area contributed by atoms with Gasteiger partial charge >= 0.3 is 0 Å². The Kier molecular flexibility index (Phi) is 4.64. The number of carbonyl (C=O) groups is 1. The van der Waals surface area contributed by atoms with Gasteiger partial charge in [0.2, 0.25) is 0 Å². The highest BCUT2D eigenvalue weighted by Gasteiger charge is 2.32. The van der Waals surface area contributed by atoms with Crippen molar-refractivity contribution in [3.05, 3.63) is 34.9 Å². The molecule has 0 aromatic heterocycles. The summed E-state index contributed by atoms with van der Waals surface area (Å²) in [6.07, 6.45) is 3.88. The van der Waals surface area contributed by atoms with Gasteiger partial charge in [-0.25, -0.2) is 0 Å². The van der Waals surface area contributed by atoms with Crippen LogP contribution in [0.1, 0.15) is 54.6 Å².